The number of benzene rings is 1. The van der Waals surface area contributed by atoms with E-state index in [4.69, 9.17) is 9.47 Å². The zero-order valence-electron chi connectivity index (χ0n) is 10.9. The number of aryl methyl sites for hydroxylation is 1. The van der Waals surface area contributed by atoms with Crippen LogP contribution in [0.2, 0.25) is 0 Å². The summed E-state index contributed by atoms with van der Waals surface area (Å²) in [6.45, 7) is 5.85. The maximum atomic E-state index is 5.65. The summed E-state index contributed by atoms with van der Waals surface area (Å²) in [5, 5.41) is 3.50. The highest BCUT2D eigenvalue weighted by Gasteiger charge is 2.21. The largest absolute Gasteiger partial charge is 0.496 e. The molecule has 3 nitrogen and oxygen atoms in total. The van der Waals surface area contributed by atoms with E-state index < -0.39 is 0 Å². The first-order valence-corrected chi connectivity index (χ1v) is 6.31. The highest BCUT2D eigenvalue weighted by Crippen LogP contribution is 2.35. The van der Waals surface area contributed by atoms with Crippen LogP contribution >= 0.6 is 0 Å². The Morgan fingerprint density at radius 2 is 2.18 bits per heavy atom. The van der Waals surface area contributed by atoms with Crippen molar-refractivity contribution in [1.82, 2.24) is 5.32 Å². The van der Waals surface area contributed by atoms with Crippen LogP contribution in [0.5, 0.6) is 11.5 Å². The first kappa shape index (κ1) is 12.2. The summed E-state index contributed by atoms with van der Waals surface area (Å²) < 4.78 is 11.1. The lowest BCUT2D eigenvalue weighted by atomic mass is 10.0. The molecule has 1 heterocycles. The molecule has 1 aromatic carbocycles. The zero-order chi connectivity index (χ0) is 12.3. The topological polar surface area (TPSA) is 30.5 Å². The second-order valence-corrected chi connectivity index (χ2v) is 4.44. The van der Waals surface area contributed by atoms with Gasteiger partial charge < -0.3 is 14.8 Å². The Bertz CT molecular complexity index is 384. The van der Waals surface area contributed by atoms with Crippen LogP contribution in [-0.4, -0.2) is 20.3 Å². The van der Waals surface area contributed by atoms with Gasteiger partial charge in [0, 0.05) is 11.6 Å². The van der Waals surface area contributed by atoms with Crippen LogP contribution in [0.1, 0.15) is 36.9 Å². The monoisotopic (exact) mass is 235 g/mol. The molecule has 0 radical (unpaired) electrons. The number of ether oxygens (including phenoxy) is 2. The molecule has 0 aromatic heterocycles. The summed E-state index contributed by atoms with van der Waals surface area (Å²) in [4.78, 5) is 0. The molecule has 0 aliphatic carbocycles. The van der Waals surface area contributed by atoms with Crippen LogP contribution in [0.25, 0.3) is 0 Å². The molecule has 17 heavy (non-hydrogen) atoms. The molecular formula is C14H21NO2. The molecule has 0 bridgehead atoms. The SMILES string of the molecule is CCOc1cc(C2CCCN2)c(OC)cc1C. The van der Waals surface area contributed by atoms with Crippen molar-refractivity contribution < 1.29 is 9.47 Å². The van der Waals surface area contributed by atoms with Gasteiger partial charge in [-0.1, -0.05) is 0 Å². The van der Waals surface area contributed by atoms with Crippen LogP contribution in [0.4, 0.5) is 0 Å². The third-order valence-corrected chi connectivity index (χ3v) is 3.26. The molecule has 1 unspecified atom stereocenters. The quantitative estimate of drug-likeness (QED) is 0.870. The van der Waals surface area contributed by atoms with Crippen LogP contribution in [-0.2, 0) is 0 Å². The number of hydrogen-bond donors (Lipinski definition) is 1. The van der Waals surface area contributed by atoms with E-state index in [0.717, 1.165) is 23.6 Å². The fourth-order valence-electron chi connectivity index (χ4n) is 2.39. The van der Waals surface area contributed by atoms with Gasteiger partial charge in [-0.05, 0) is 50.9 Å². The van der Waals surface area contributed by atoms with Crippen LogP contribution in [0.15, 0.2) is 12.1 Å². The zero-order valence-corrected chi connectivity index (χ0v) is 10.9. The Labute approximate surface area is 103 Å². The lowest BCUT2D eigenvalue weighted by Gasteiger charge is -2.18. The summed E-state index contributed by atoms with van der Waals surface area (Å²) in [5.74, 6) is 1.93. The van der Waals surface area contributed by atoms with E-state index in [-0.39, 0.29) is 0 Å². The average Bonchev–Trinajstić information content (AvgIpc) is 2.85. The van der Waals surface area contributed by atoms with E-state index in [0.29, 0.717) is 12.6 Å². The van der Waals surface area contributed by atoms with E-state index >= 15 is 0 Å². The second kappa shape index (κ2) is 5.41. The van der Waals surface area contributed by atoms with E-state index in [1.807, 2.05) is 6.92 Å². The minimum Gasteiger partial charge on any atom is -0.496 e. The molecule has 1 N–H and O–H groups in total. The second-order valence-electron chi connectivity index (χ2n) is 4.44. The maximum Gasteiger partial charge on any atom is 0.124 e. The minimum atomic E-state index is 0.407. The molecule has 2 rings (SSSR count). The van der Waals surface area contributed by atoms with Gasteiger partial charge in [-0.3, -0.25) is 0 Å². The van der Waals surface area contributed by atoms with Crippen molar-refractivity contribution in [1.29, 1.82) is 0 Å². The molecule has 0 spiro atoms. The lowest BCUT2D eigenvalue weighted by Crippen LogP contribution is -2.14. The van der Waals surface area contributed by atoms with Crippen LogP contribution in [0.3, 0.4) is 0 Å². The molecule has 1 aromatic rings. The Morgan fingerprint density at radius 3 is 2.76 bits per heavy atom. The summed E-state index contributed by atoms with van der Waals surface area (Å²) in [5.41, 5.74) is 2.35. The fourth-order valence-corrected chi connectivity index (χ4v) is 2.39. The van der Waals surface area contributed by atoms with Crippen LogP contribution < -0.4 is 14.8 Å². The van der Waals surface area contributed by atoms with Gasteiger partial charge in [0.15, 0.2) is 0 Å². The number of nitrogens with one attached hydrogen (secondary N) is 1. The molecular weight excluding hydrogens is 214 g/mol. The van der Waals surface area contributed by atoms with Crippen molar-refractivity contribution in [2.24, 2.45) is 0 Å². The molecule has 3 heteroatoms. The maximum absolute atomic E-state index is 5.65. The van der Waals surface area contributed by atoms with E-state index in [1.54, 1.807) is 7.11 Å². The fraction of sp³-hybridized carbons (Fsp3) is 0.571. The number of methoxy groups -OCH3 is 1. The van der Waals surface area contributed by atoms with Gasteiger partial charge in [-0.25, -0.2) is 0 Å². The normalized spacial score (nSPS) is 19.4. The first-order chi connectivity index (χ1) is 8.26. The first-order valence-electron chi connectivity index (χ1n) is 6.31. The van der Waals surface area contributed by atoms with Crippen molar-refractivity contribution in [3.8, 4) is 11.5 Å². The molecule has 1 fully saturated rings. The van der Waals surface area contributed by atoms with Gasteiger partial charge in [0.2, 0.25) is 0 Å². The third-order valence-electron chi connectivity index (χ3n) is 3.26. The van der Waals surface area contributed by atoms with E-state index in [9.17, 15) is 0 Å². The number of rotatable bonds is 4. The molecule has 0 amide bonds. The Hall–Kier alpha value is -1.22. The molecule has 1 atom stereocenters. The van der Waals surface area contributed by atoms with Gasteiger partial charge in [0.25, 0.3) is 0 Å². The average molecular weight is 235 g/mol. The van der Waals surface area contributed by atoms with Crippen molar-refractivity contribution in [3.05, 3.63) is 23.3 Å². The van der Waals surface area contributed by atoms with Crippen molar-refractivity contribution >= 4 is 0 Å². The van der Waals surface area contributed by atoms with Crippen molar-refractivity contribution in [3.63, 3.8) is 0 Å². The Balaban J connectivity index is 2.36. The van der Waals surface area contributed by atoms with Crippen molar-refractivity contribution in [2.45, 2.75) is 32.7 Å². The Kier molecular flexibility index (Phi) is 3.89. The van der Waals surface area contributed by atoms with Gasteiger partial charge in [-0.2, -0.15) is 0 Å². The summed E-state index contributed by atoms with van der Waals surface area (Å²) in [6, 6.07) is 4.60. The highest BCUT2D eigenvalue weighted by atomic mass is 16.5. The van der Waals surface area contributed by atoms with Gasteiger partial charge in [0.1, 0.15) is 11.5 Å². The van der Waals surface area contributed by atoms with Gasteiger partial charge in [-0.15, -0.1) is 0 Å². The smallest absolute Gasteiger partial charge is 0.124 e. The van der Waals surface area contributed by atoms with E-state index in [2.05, 4.69) is 24.4 Å². The Morgan fingerprint density at radius 1 is 1.35 bits per heavy atom. The summed E-state index contributed by atoms with van der Waals surface area (Å²) >= 11 is 0. The predicted molar refractivity (Wildman–Crippen MR) is 68.9 cm³/mol. The predicted octanol–water partition coefficient (Wildman–Crippen LogP) is 2.83. The number of hydrogen-bond acceptors (Lipinski definition) is 3. The molecule has 94 valence electrons. The third kappa shape index (κ3) is 2.55. The lowest BCUT2D eigenvalue weighted by molar-refractivity contribution is 0.335. The van der Waals surface area contributed by atoms with E-state index in [1.165, 1.54) is 18.4 Å². The molecule has 0 saturated carbocycles. The summed E-state index contributed by atoms with van der Waals surface area (Å²) in [7, 11) is 1.73. The molecule has 1 saturated heterocycles. The summed E-state index contributed by atoms with van der Waals surface area (Å²) in [6.07, 6.45) is 2.40. The van der Waals surface area contributed by atoms with Gasteiger partial charge in [0.05, 0.1) is 13.7 Å². The minimum absolute atomic E-state index is 0.407. The molecule has 1 aliphatic heterocycles. The molecule has 1 aliphatic rings. The van der Waals surface area contributed by atoms with Gasteiger partial charge >= 0.3 is 0 Å². The highest BCUT2D eigenvalue weighted by molar-refractivity contribution is 5.47. The van der Waals surface area contributed by atoms with Crippen LogP contribution in [0, 0.1) is 6.92 Å². The van der Waals surface area contributed by atoms with Crippen molar-refractivity contribution in [2.75, 3.05) is 20.3 Å². The standard InChI is InChI=1S/C14H21NO2/c1-4-17-13-9-11(12-6-5-7-15-12)14(16-3)8-10(13)2/h8-9,12,15H,4-7H2,1-3H3.